The van der Waals surface area contributed by atoms with E-state index in [0.29, 0.717) is 12.1 Å². The minimum absolute atomic E-state index is 0.133. The van der Waals surface area contributed by atoms with Crippen molar-refractivity contribution in [2.45, 2.75) is 18.6 Å². The fourth-order valence-electron chi connectivity index (χ4n) is 1.42. The molecule has 6 heteroatoms. The number of nitrogens with zero attached hydrogens (tertiary/aromatic N) is 2. The normalized spacial score (nSPS) is 13.4. The maximum Gasteiger partial charge on any atom is 0.239 e. The Morgan fingerprint density at radius 1 is 1.44 bits per heavy atom. The third-order valence-electron chi connectivity index (χ3n) is 2.55. The first-order valence-corrected chi connectivity index (χ1v) is 6.62. The molecule has 0 saturated heterocycles. The molecule has 0 saturated carbocycles. The van der Waals surface area contributed by atoms with Crippen LogP contribution in [0.1, 0.15) is 13.3 Å². The van der Waals surface area contributed by atoms with Gasteiger partial charge in [0, 0.05) is 26.0 Å². The van der Waals surface area contributed by atoms with Crippen LogP contribution in [-0.4, -0.2) is 32.2 Å². The molecular weight excluding hydrogens is 226 g/mol. The molecule has 0 bridgehead atoms. The largest absolute Gasteiger partial charge is 0.329 e. The van der Waals surface area contributed by atoms with Crippen LogP contribution in [0, 0.1) is 0 Å². The highest BCUT2D eigenvalue weighted by Crippen LogP contribution is 2.18. The predicted molar refractivity (Wildman–Crippen MR) is 64.7 cm³/mol. The van der Waals surface area contributed by atoms with Crippen molar-refractivity contribution < 1.29 is 8.42 Å². The topological polar surface area (TPSA) is 76.3 Å². The number of pyridine rings is 1. The molecular formula is C10H17N3O2S. The molecule has 1 unspecified atom stereocenters. The lowest BCUT2D eigenvalue weighted by atomic mass is 10.3. The Bertz CT molecular complexity index is 415. The van der Waals surface area contributed by atoms with Crippen molar-refractivity contribution in [2.24, 2.45) is 5.73 Å². The van der Waals surface area contributed by atoms with Crippen molar-refractivity contribution in [1.82, 2.24) is 4.98 Å². The van der Waals surface area contributed by atoms with Crippen LogP contribution in [0.5, 0.6) is 0 Å². The van der Waals surface area contributed by atoms with Gasteiger partial charge < -0.3 is 5.73 Å². The first-order valence-electron chi connectivity index (χ1n) is 5.11. The summed E-state index contributed by atoms with van der Waals surface area (Å²) in [6.07, 6.45) is 3.63. The molecule has 0 amide bonds. The van der Waals surface area contributed by atoms with Gasteiger partial charge in [-0.2, -0.15) is 0 Å². The van der Waals surface area contributed by atoms with E-state index in [2.05, 4.69) is 4.98 Å². The molecule has 16 heavy (non-hydrogen) atoms. The predicted octanol–water partition coefficient (Wildman–Crippen LogP) is 0.585. The second-order valence-electron chi connectivity index (χ2n) is 3.48. The molecule has 1 aromatic rings. The summed E-state index contributed by atoms with van der Waals surface area (Å²) in [5.74, 6) is 0. The highest BCUT2D eigenvalue weighted by atomic mass is 32.2. The molecule has 2 N–H and O–H groups in total. The van der Waals surface area contributed by atoms with Crippen LogP contribution in [0.25, 0.3) is 0 Å². The fourth-order valence-corrected chi connectivity index (χ4v) is 2.95. The van der Waals surface area contributed by atoms with Crippen molar-refractivity contribution >= 4 is 15.7 Å². The number of sulfonamides is 1. The molecule has 1 rings (SSSR count). The first kappa shape index (κ1) is 12.9. The van der Waals surface area contributed by atoms with Gasteiger partial charge in [0.2, 0.25) is 10.0 Å². The third-order valence-corrected chi connectivity index (χ3v) is 4.89. The van der Waals surface area contributed by atoms with E-state index in [0.717, 1.165) is 0 Å². The van der Waals surface area contributed by atoms with Crippen LogP contribution in [0.15, 0.2) is 24.5 Å². The molecule has 0 fully saturated rings. The SMILES string of the molecule is CCC(CN)S(=O)(=O)N(C)c1ccncc1. The van der Waals surface area contributed by atoms with Crippen LogP contribution >= 0.6 is 0 Å². The van der Waals surface area contributed by atoms with Gasteiger partial charge in [-0.3, -0.25) is 9.29 Å². The number of hydrogen-bond donors (Lipinski definition) is 1. The van der Waals surface area contributed by atoms with Crippen molar-refractivity contribution in [3.63, 3.8) is 0 Å². The average Bonchev–Trinajstić information content (AvgIpc) is 2.30. The zero-order chi connectivity index (χ0) is 12.2. The Hall–Kier alpha value is -1.14. The van der Waals surface area contributed by atoms with Gasteiger partial charge in [0.1, 0.15) is 0 Å². The number of nitrogens with two attached hydrogens (primary N) is 1. The Kier molecular flexibility index (Phi) is 4.26. The van der Waals surface area contributed by atoms with Gasteiger partial charge in [-0.05, 0) is 18.6 Å². The highest BCUT2D eigenvalue weighted by Gasteiger charge is 2.27. The van der Waals surface area contributed by atoms with E-state index in [4.69, 9.17) is 5.73 Å². The van der Waals surface area contributed by atoms with E-state index in [-0.39, 0.29) is 6.54 Å². The second kappa shape index (κ2) is 5.27. The standard InChI is InChI=1S/C10H17N3O2S/c1-3-10(8-11)16(14,15)13(2)9-4-6-12-7-5-9/h4-7,10H,3,8,11H2,1-2H3. The van der Waals surface area contributed by atoms with Crippen molar-refractivity contribution in [1.29, 1.82) is 0 Å². The number of rotatable bonds is 5. The Morgan fingerprint density at radius 3 is 2.44 bits per heavy atom. The summed E-state index contributed by atoms with van der Waals surface area (Å²) < 4.78 is 25.5. The van der Waals surface area contributed by atoms with E-state index in [1.807, 2.05) is 6.92 Å². The molecule has 5 nitrogen and oxygen atoms in total. The monoisotopic (exact) mass is 243 g/mol. The summed E-state index contributed by atoms with van der Waals surface area (Å²) in [6.45, 7) is 1.95. The number of aromatic nitrogens is 1. The molecule has 90 valence electrons. The quantitative estimate of drug-likeness (QED) is 0.821. The molecule has 1 heterocycles. The van der Waals surface area contributed by atoms with E-state index >= 15 is 0 Å². The van der Waals surface area contributed by atoms with E-state index in [1.54, 1.807) is 24.5 Å². The van der Waals surface area contributed by atoms with Gasteiger partial charge in [0.25, 0.3) is 0 Å². The lowest BCUT2D eigenvalue weighted by molar-refractivity contribution is 0.574. The fraction of sp³-hybridized carbons (Fsp3) is 0.500. The number of anilines is 1. The molecule has 1 atom stereocenters. The van der Waals surface area contributed by atoms with Crippen molar-refractivity contribution in [3.05, 3.63) is 24.5 Å². The van der Waals surface area contributed by atoms with E-state index in [1.165, 1.54) is 11.4 Å². The van der Waals surface area contributed by atoms with Crippen molar-refractivity contribution in [3.8, 4) is 0 Å². The van der Waals surface area contributed by atoms with Gasteiger partial charge >= 0.3 is 0 Å². The zero-order valence-electron chi connectivity index (χ0n) is 9.50. The smallest absolute Gasteiger partial charge is 0.239 e. The summed E-state index contributed by atoms with van der Waals surface area (Å²) >= 11 is 0. The van der Waals surface area contributed by atoms with Gasteiger partial charge in [-0.25, -0.2) is 8.42 Å². The van der Waals surface area contributed by atoms with Crippen LogP contribution in [0.4, 0.5) is 5.69 Å². The second-order valence-corrected chi connectivity index (χ2v) is 5.73. The molecule has 0 aliphatic heterocycles. The van der Waals surface area contributed by atoms with E-state index < -0.39 is 15.3 Å². The summed E-state index contributed by atoms with van der Waals surface area (Å²) in [5, 5.41) is -0.536. The lowest BCUT2D eigenvalue weighted by Crippen LogP contribution is -2.40. The van der Waals surface area contributed by atoms with Crippen LogP contribution in [-0.2, 0) is 10.0 Å². The molecule has 0 spiro atoms. The third kappa shape index (κ3) is 2.51. The summed E-state index contributed by atoms with van der Waals surface area (Å²) in [6, 6.07) is 3.31. The lowest BCUT2D eigenvalue weighted by Gasteiger charge is -2.24. The maximum absolute atomic E-state index is 12.1. The van der Waals surface area contributed by atoms with Crippen LogP contribution in [0.3, 0.4) is 0 Å². The minimum atomic E-state index is -3.37. The van der Waals surface area contributed by atoms with Gasteiger partial charge in [0.05, 0.1) is 10.9 Å². The molecule has 0 aliphatic carbocycles. The molecule has 0 aliphatic rings. The number of hydrogen-bond acceptors (Lipinski definition) is 4. The molecule has 1 aromatic heterocycles. The van der Waals surface area contributed by atoms with E-state index in [9.17, 15) is 8.42 Å². The minimum Gasteiger partial charge on any atom is -0.329 e. The Morgan fingerprint density at radius 2 is 2.00 bits per heavy atom. The van der Waals surface area contributed by atoms with Crippen LogP contribution in [0.2, 0.25) is 0 Å². The zero-order valence-corrected chi connectivity index (χ0v) is 10.3. The van der Waals surface area contributed by atoms with Gasteiger partial charge in [-0.1, -0.05) is 6.92 Å². The average molecular weight is 243 g/mol. The summed E-state index contributed by atoms with van der Waals surface area (Å²) in [7, 11) is -1.84. The first-order chi connectivity index (χ1) is 7.54. The maximum atomic E-state index is 12.1. The molecule has 0 aromatic carbocycles. The Balaban J connectivity index is 3.01. The van der Waals surface area contributed by atoms with Gasteiger partial charge in [-0.15, -0.1) is 0 Å². The summed E-state index contributed by atoms with van der Waals surface area (Å²) in [5.41, 5.74) is 6.07. The van der Waals surface area contributed by atoms with Crippen molar-refractivity contribution in [2.75, 3.05) is 17.9 Å². The highest BCUT2D eigenvalue weighted by molar-refractivity contribution is 7.93. The van der Waals surface area contributed by atoms with Crippen LogP contribution < -0.4 is 10.0 Å². The molecule has 0 radical (unpaired) electrons. The summed E-state index contributed by atoms with van der Waals surface area (Å²) in [4.78, 5) is 3.85. The van der Waals surface area contributed by atoms with Gasteiger partial charge in [0.15, 0.2) is 0 Å². The Labute approximate surface area is 96.3 Å².